The molecule has 7 heteroatoms. The Morgan fingerprint density at radius 3 is 1.84 bits per heavy atom. The van der Waals surface area contributed by atoms with Gasteiger partial charge in [0.15, 0.2) is 6.61 Å². The average Bonchev–Trinajstić information content (AvgIpc) is 2.77. The fraction of sp³-hybridized carbons (Fsp3) is 0.208. The molecule has 0 radical (unpaired) electrons. The Bertz CT molecular complexity index is 1090. The Hall–Kier alpha value is -3.32. The molecular weight excluding hydrogens is 412 g/mol. The summed E-state index contributed by atoms with van der Waals surface area (Å²) in [7, 11) is -1.73. The van der Waals surface area contributed by atoms with Gasteiger partial charge in [0.1, 0.15) is 5.75 Å². The molecule has 31 heavy (non-hydrogen) atoms. The fourth-order valence-corrected chi connectivity index (χ4v) is 3.95. The number of hydrogen-bond acceptors (Lipinski definition) is 4. The van der Waals surface area contributed by atoms with Crippen LogP contribution in [0.5, 0.6) is 5.75 Å². The van der Waals surface area contributed by atoms with Crippen LogP contribution in [0.3, 0.4) is 0 Å². The molecule has 0 bridgehead atoms. The van der Waals surface area contributed by atoms with Crippen molar-refractivity contribution >= 4 is 21.6 Å². The summed E-state index contributed by atoms with van der Waals surface area (Å²) in [6, 6.07) is 25.8. The highest BCUT2D eigenvalue weighted by molar-refractivity contribution is 7.92. The first-order chi connectivity index (χ1) is 14.8. The van der Waals surface area contributed by atoms with Gasteiger partial charge in [0.25, 0.3) is 5.91 Å². The number of nitrogens with zero attached hydrogens (tertiary/aromatic N) is 2. The monoisotopic (exact) mass is 438 g/mol. The molecule has 1 amide bonds. The highest BCUT2D eigenvalue weighted by Gasteiger charge is 2.18. The number of sulfonamides is 1. The van der Waals surface area contributed by atoms with Gasteiger partial charge < -0.3 is 9.64 Å². The number of ether oxygens (including phenoxy) is 1. The molecule has 0 heterocycles. The number of benzene rings is 3. The molecule has 6 nitrogen and oxygen atoms in total. The topological polar surface area (TPSA) is 66.9 Å². The van der Waals surface area contributed by atoms with Gasteiger partial charge in [-0.2, -0.15) is 0 Å². The highest BCUT2D eigenvalue weighted by Crippen LogP contribution is 2.23. The van der Waals surface area contributed by atoms with Crippen molar-refractivity contribution in [1.82, 2.24) is 4.90 Å². The maximum atomic E-state index is 12.3. The minimum atomic E-state index is -3.46. The van der Waals surface area contributed by atoms with E-state index in [-0.39, 0.29) is 19.1 Å². The van der Waals surface area contributed by atoms with Gasteiger partial charge in [-0.1, -0.05) is 60.7 Å². The molecule has 0 saturated carbocycles. The maximum absolute atomic E-state index is 12.3. The predicted octanol–water partition coefficient (Wildman–Crippen LogP) is 3.69. The second-order valence-corrected chi connectivity index (χ2v) is 9.18. The smallest absolute Gasteiger partial charge is 0.260 e. The molecule has 0 saturated heterocycles. The Morgan fingerprint density at radius 2 is 1.32 bits per heavy atom. The molecule has 0 N–H and O–H groups in total. The first-order valence-electron chi connectivity index (χ1n) is 9.85. The summed E-state index contributed by atoms with van der Waals surface area (Å²) in [5.74, 6) is 0.355. The molecule has 0 atom stereocenters. The van der Waals surface area contributed by atoms with Crippen molar-refractivity contribution < 1.29 is 17.9 Å². The summed E-state index contributed by atoms with van der Waals surface area (Å²) in [6.07, 6.45) is 1.18. The van der Waals surface area contributed by atoms with E-state index < -0.39 is 10.0 Å². The van der Waals surface area contributed by atoms with E-state index in [0.29, 0.717) is 18.0 Å². The van der Waals surface area contributed by atoms with Crippen molar-refractivity contribution in [2.75, 3.05) is 24.2 Å². The minimum Gasteiger partial charge on any atom is -0.484 e. The molecule has 3 aromatic rings. The van der Waals surface area contributed by atoms with Gasteiger partial charge in [-0.25, -0.2) is 8.42 Å². The summed E-state index contributed by atoms with van der Waals surface area (Å²) >= 11 is 0. The molecule has 0 unspecified atom stereocenters. The number of hydrogen-bond donors (Lipinski definition) is 0. The SMILES string of the molecule is CN(Cc1ccccc1)C(=O)COc1ccc(N(Cc2ccccc2)S(C)(=O)=O)cc1. The lowest BCUT2D eigenvalue weighted by Gasteiger charge is -2.23. The van der Waals surface area contributed by atoms with E-state index in [1.165, 1.54) is 10.6 Å². The molecule has 0 aromatic heterocycles. The first-order valence-corrected chi connectivity index (χ1v) is 11.7. The Kier molecular flexibility index (Phi) is 7.31. The quantitative estimate of drug-likeness (QED) is 0.511. The number of anilines is 1. The number of carbonyl (C=O) groups excluding carboxylic acids is 1. The van der Waals surface area contributed by atoms with Crippen LogP contribution in [0, 0.1) is 0 Å². The second kappa shape index (κ2) is 10.1. The Balaban J connectivity index is 1.61. The summed E-state index contributed by atoms with van der Waals surface area (Å²) < 4.78 is 31.6. The zero-order chi connectivity index (χ0) is 22.3. The molecule has 0 aliphatic carbocycles. The molecule has 3 rings (SSSR count). The maximum Gasteiger partial charge on any atom is 0.260 e. The lowest BCUT2D eigenvalue weighted by atomic mass is 10.2. The molecule has 3 aromatic carbocycles. The van der Waals surface area contributed by atoms with Crippen LogP contribution in [0.1, 0.15) is 11.1 Å². The van der Waals surface area contributed by atoms with Crippen LogP contribution < -0.4 is 9.04 Å². The zero-order valence-electron chi connectivity index (χ0n) is 17.6. The summed E-state index contributed by atoms with van der Waals surface area (Å²) in [6.45, 7) is 0.649. The lowest BCUT2D eigenvalue weighted by Crippen LogP contribution is -2.31. The predicted molar refractivity (Wildman–Crippen MR) is 122 cm³/mol. The largest absolute Gasteiger partial charge is 0.484 e. The van der Waals surface area contributed by atoms with Crippen LogP contribution in [0.25, 0.3) is 0 Å². The Morgan fingerprint density at radius 1 is 0.806 bits per heavy atom. The lowest BCUT2D eigenvalue weighted by molar-refractivity contribution is -0.132. The molecular formula is C24H26N2O4S. The van der Waals surface area contributed by atoms with E-state index in [0.717, 1.165) is 11.1 Å². The zero-order valence-corrected chi connectivity index (χ0v) is 18.5. The molecule has 0 aliphatic heterocycles. The molecule has 162 valence electrons. The van der Waals surface area contributed by atoms with Crippen LogP contribution in [0.15, 0.2) is 84.9 Å². The third kappa shape index (κ3) is 6.58. The van der Waals surface area contributed by atoms with Crippen LogP contribution in [0.2, 0.25) is 0 Å². The van der Waals surface area contributed by atoms with Gasteiger partial charge in [-0.05, 0) is 35.4 Å². The van der Waals surface area contributed by atoms with Crippen molar-refractivity contribution in [2.45, 2.75) is 13.1 Å². The van der Waals surface area contributed by atoms with Gasteiger partial charge in [-0.15, -0.1) is 0 Å². The minimum absolute atomic E-state index is 0.0948. The van der Waals surface area contributed by atoms with Gasteiger partial charge >= 0.3 is 0 Å². The second-order valence-electron chi connectivity index (χ2n) is 7.27. The summed E-state index contributed by atoms with van der Waals surface area (Å²) in [5.41, 5.74) is 2.47. The molecule has 0 spiro atoms. The van der Waals surface area contributed by atoms with Crippen LogP contribution in [-0.4, -0.2) is 39.1 Å². The van der Waals surface area contributed by atoms with E-state index in [9.17, 15) is 13.2 Å². The normalized spacial score (nSPS) is 11.0. The van der Waals surface area contributed by atoms with Crippen molar-refractivity contribution in [3.05, 3.63) is 96.1 Å². The summed E-state index contributed by atoms with van der Waals surface area (Å²) in [4.78, 5) is 14.0. The fourth-order valence-electron chi connectivity index (χ4n) is 3.06. The number of likely N-dealkylation sites (N-methyl/N-ethyl adjacent to an activating group) is 1. The van der Waals surface area contributed by atoms with Crippen molar-refractivity contribution in [2.24, 2.45) is 0 Å². The van der Waals surface area contributed by atoms with E-state index in [1.807, 2.05) is 60.7 Å². The third-order valence-electron chi connectivity index (χ3n) is 4.74. The number of carbonyl (C=O) groups is 1. The Labute approximate surface area is 183 Å². The van der Waals surface area contributed by atoms with Crippen molar-refractivity contribution in [3.63, 3.8) is 0 Å². The van der Waals surface area contributed by atoms with Crippen molar-refractivity contribution in [1.29, 1.82) is 0 Å². The van der Waals surface area contributed by atoms with E-state index in [2.05, 4.69) is 0 Å². The highest BCUT2D eigenvalue weighted by atomic mass is 32.2. The third-order valence-corrected chi connectivity index (χ3v) is 5.89. The summed E-state index contributed by atoms with van der Waals surface area (Å²) in [5, 5.41) is 0. The standard InChI is InChI=1S/C24H26N2O4S/c1-25(17-20-9-5-3-6-10-20)24(27)19-30-23-15-13-22(14-16-23)26(31(2,28)29)18-21-11-7-4-8-12-21/h3-16H,17-19H2,1-2H3. The number of rotatable bonds is 9. The first kappa shape index (κ1) is 22.4. The molecule has 0 fully saturated rings. The van der Waals surface area contributed by atoms with Gasteiger partial charge in [0, 0.05) is 13.6 Å². The van der Waals surface area contributed by atoms with Gasteiger partial charge in [0.2, 0.25) is 10.0 Å². The average molecular weight is 439 g/mol. The van der Waals surface area contributed by atoms with Crippen LogP contribution in [0.4, 0.5) is 5.69 Å². The van der Waals surface area contributed by atoms with Gasteiger partial charge in [0.05, 0.1) is 18.5 Å². The van der Waals surface area contributed by atoms with Crippen molar-refractivity contribution in [3.8, 4) is 5.75 Å². The van der Waals surface area contributed by atoms with E-state index in [4.69, 9.17) is 4.74 Å². The van der Waals surface area contributed by atoms with E-state index >= 15 is 0 Å². The molecule has 0 aliphatic rings. The van der Waals surface area contributed by atoms with Crippen LogP contribution in [-0.2, 0) is 27.9 Å². The van der Waals surface area contributed by atoms with Crippen LogP contribution >= 0.6 is 0 Å². The number of amides is 1. The van der Waals surface area contributed by atoms with Gasteiger partial charge in [-0.3, -0.25) is 9.10 Å². The van der Waals surface area contributed by atoms with E-state index in [1.54, 1.807) is 36.2 Å².